The van der Waals surface area contributed by atoms with E-state index in [0.717, 1.165) is 44.9 Å². The number of imide groups is 1. The van der Waals surface area contributed by atoms with Gasteiger partial charge in [-0.25, -0.2) is 4.79 Å². The maximum absolute atomic E-state index is 12.9. The molecule has 26 heavy (non-hydrogen) atoms. The van der Waals surface area contributed by atoms with Crippen LogP contribution < -0.4 is 11.1 Å². The number of carbonyl (C=O) groups is 2. The van der Waals surface area contributed by atoms with Gasteiger partial charge in [0, 0.05) is 0 Å². The van der Waals surface area contributed by atoms with E-state index in [1.54, 1.807) is 0 Å². The lowest BCUT2D eigenvalue weighted by molar-refractivity contribution is -0.133. The summed E-state index contributed by atoms with van der Waals surface area (Å²) >= 11 is 0. The van der Waals surface area contributed by atoms with Crippen molar-refractivity contribution in [3.8, 4) is 0 Å². The molecule has 4 rings (SSSR count). The van der Waals surface area contributed by atoms with E-state index in [0.29, 0.717) is 24.6 Å². The highest BCUT2D eigenvalue weighted by molar-refractivity contribution is 6.06. The number of rotatable bonds is 4. The van der Waals surface area contributed by atoms with E-state index < -0.39 is 11.1 Å². The first-order chi connectivity index (χ1) is 12.5. The normalized spacial score (nSPS) is 31.0. The van der Waals surface area contributed by atoms with Crippen molar-refractivity contribution in [2.24, 2.45) is 11.7 Å². The van der Waals surface area contributed by atoms with Crippen molar-refractivity contribution in [3.63, 3.8) is 0 Å². The molecule has 1 spiro atoms. The van der Waals surface area contributed by atoms with Gasteiger partial charge in [0.2, 0.25) is 5.89 Å². The highest BCUT2D eigenvalue weighted by Crippen LogP contribution is 2.38. The van der Waals surface area contributed by atoms with Gasteiger partial charge in [-0.3, -0.25) is 9.69 Å². The predicted molar refractivity (Wildman–Crippen MR) is 92.7 cm³/mol. The van der Waals surface area contributed by atoms with Crippen molar-refractivity contribution in [1.82, 2.24) is 20.4 Å². The van der Waals surface area contributed by atoms with Crippen LogP contribution in [-0.4, -0.2) is 32.5 Å². The minimum atomic E-state index is -0.744. The lowest BCUT2D eigenvalue weighted by Crippen LogP contribution is -2.49. The van der Waals surface area contributed by atoms with Gasteiger partial charge in [0.05, 0.1) is 5.54 Å². The van der Waals surface area contributed by atoms with Gasteiger partial charge in [-0.1, -0.05) is 31.3 Å². The maximum Gasteiger partial charge on any atom is 0.325 e. The summed E-state index contributed by atoms with van der Waals surface area (Å²) in [6, 6.07) is -0.368. The summed E-state index contributed by atoms with van der Waals surface area (Å²) in [7, 11) is 0. The van der Waals surface area contributed by atoms with Gasteiger partial charge in [-0.05, 0) is 44.4 Å². The summed E-state index contributed by atoms with van der Waals surface area (Å²) in [5, 5.41) is 6.93. The molecule has 8 heteroatoms. The number of carbonyl (C=O) groups excluding carboxylic acids is 2. The van der Waals surface area contributed by atoms with Gasteiger partial charge >= 0.3 is 6.03 Å². The minimum Gasteiger partial charge on any atom is -0.337 e. The van der Waals surface area contributed by atoms with Crippen molar-refractivity contribution >= 4 is 11.9 Å². The van der Waals surface area contributed by atoms with E-state index in [2.05, 4.69) is 22.4 Å². The number of aromatic nitrogens is 2. The predicted octanol–water partition coefficient (Wildman–Crippen LogP) is 2.19. The van der Waals surface area contributed by atoms with Crippen LogP contribution in [0.25, 0.3) is 0 Å². The van der Waals surface area contributed by atoms with Crippen molar-refractivity contribution in [2.45, 2.75) is 82.3 Å². The van der Waals surface area contributed by atoms with Crippen LogP contribution in [0.1, 0.15) is 76.4 Å². The molecule has 3 N–H and O–H groups in total. The van der Waals surface area contributed by atoms with E-state index in [1.165, 1.54) is 4.90 Å². The molecule has 0 radical (unpaired) electrons. The number of nitrogens with one attached hydrogen (secondary N) is 1. The van der Waals surface area contributed by atoms with Gasteiger partial charge in [0.25, 0.3) is 5.91 Å². The SMILES string of the molecule is CCC1CCC2(CC1)NC(=O)N(Cc1nc(C3(N)CCCC3)no1)C2=O. The number of hydrogen-bond donors (Lipinski definition) is 2. The van der Waals surface area contributed by atoms with Crippen LogP contribution in [0, 0.1) is 5.92 Å². The van der Waals surface area contributed by atoms with Crippen LogP contribution in [0.2, 0.25) is 0 Å². The summed E-state index contributed by atoms with van der Waals surface area (Å²) in [5.74, 6) is 1.22. The Morgan fingerprint density at radius 2 is 1.92 bits per heavy atom. The molecular formula is C18H27N5O3. The Labute approximate surface area is 152 Å². The first-order valence-electron chi connectivity index (χ1n) is 9.72. The van der Waals surface area contributed by atoms with Crippen molar-refractivity contribution < 1.29 is 14.1 Å². The van der Waals surface area contributed by atoms with Crippen molar-refractivity contribution in [2.75, 3.05) is 0 Å². The Balaban J connectivity index is 1.46. The highest BCUT2D eigenvalue weighted by atomic mass is 16.5. The molecule has 0 unspecified atom stereocenters. The summed E-state index contributed by atoms with van der Waals surface area (Å²) in [6.07, 6.45) is 8.22. The average Bonchev–Trinajstić information content (AvgIpc) is 3.33. The molecule has 1 aromatic rings. The molecular weight excluding hydrogens is 334 g/mol. The van der Waals surface area contributed by atoms with Gasteiger partial charge in [-0.2, -0.15) is 4.98 Å². The fourth-order valence-electron chi connectivity index (χ4n) is 4.62. The summed E-state index contributed by atoms with van der Waals surface area (Å²) < 4.78 is 5.30. The second-order valence-corrected chi connectivity index (χ2v) is 8.13. The zero-order valence-corrected chi connectivity index (χ0v) is 15.3. The molecule has 1 aliphatic heterocycles. The summed E-state index contributed by atoms with van der Waals surface area (Å²) in [4.78, 5) is 31.0. The number of hydrogen-bond acceptors (Lipinski definition) is 6. The number of nitrogens with zero attached hydrogens (tertiary/aromatic N) is 3. The largest absolute Gasteiger partial charge is 0.337 e. The third-order valence-corrected chi connectivity index (χ3v) is 6.48. The molecule has 3 amide bonds. The maximum atomic E-state index is 12.9. The molecule has 0 aromatic carbocycles. The molecule has 0 bridgehead atoms. The van der Waals surface area contributed by atoms with Crippen LogP contribution in [-0.2, 0) is 16.9 Å². The second-order valence-electron chi connectivity index (χ2n) is 8.13. The number of nitrogens with two attached hydrogens (primary N) is 1. The van der Waals surface area contributed by atoms with Crippen LogP contribution >= 0.6 is 0 Å². The van der Waals surface area contributed by atoms with Gasteiger partial charge in [-0.15, -0.1) is 0 Å². The number of urea groups is 1. The van der Waals surface area contributed by atoms with Crippen LogP contribution in [0.5, 0.6) is 0 Å². The van der Waals surface area contributed by atoms with E-state index >= 15 is 0 Å². The Morgan fingerprint density at radius 3 is 2.58 bits per heavy atom. The van der Waals surface area contributed by atoms with Crippen molar-refractivity contribution in [1.29, 1.82) is 0 Å². The molecule has 3 fully saturated rings. The topological polar surface area (TPSA) is 114 Å². The minimum absolute atomic E-state index is 0.00665. The molecule has 2 heterocycles. The standard InChI is InChI=1S/C18H27N5O3/c1-2-12-5-9-18(10-6-12)15(24)23(16(25)21-18)11-13-20-14(22-26-13)17(19)7-3-4-8-17/h12H,2-11,19H2,1H3,(H,21,25). The van der Waals surface area contributed by atoms with E-state index in [-0.39, 0.29) is 24.4 Å². The Bertz CT molecular complexity index is 701. The first-order valence-corrected chi connectivity index (χ1v) is 9.72. The first kappa shape index (κ1) is 17.5. The quantitative estimate of drug-likeness (QED) is 0.795. The van der Waals surface area contributed by atoms with Crippen LogP contribution in [0.4, 0.5) is 4.79 Å². The van der Waals surface area contributed by atoms with Crippen LogP contribution in [0.15, 0.2) is 4.52 Å². The third-order valence-electron chi connectivity index (χ3n) is 6.48. The van der Waals surface area contributed by atoms with Gasteiger partial charge < -0.3 is 15.6 Å². The summed E-state index contributed by atoms with van der Waals surface area (Å²) in [6.45, 7) is 2.18. The zero-order chi connectivity index (χ0) is 18.4. The molecule has 2 saturated carbocycles. The monoisotopic (exact) mass is 361 g/mol. The van der Waals surface area contributed by atoms with Crippen molar-refractivity contribution in [3.05, 3.63) is 11.7 Å². The average molecular weight is 361 g/mol. The van der Waals surface area contributed by atoms with Crippen LogP contribution in [0.3, 0.4) is 0 Å². The highest BCUT2D eigenvalue weighted by Gasteiger charge is 2.52. The molecule has 8 nitrogen and oxygen atoms in total. The molecule has 3 aliphatic rings. The fraction of sp³-hybridized carbons (Fsp3) is 0.778. The number of amides is 3. The van der Waals surface area contributed by atoms with E-state index in [4.69, 9.17) is 10.3 Å². The van der Waals surface area contributed by atoms with Gasteiger partial charge in [0.1, 0.15) is 12.1 Å². The molecule has 2 aliphatic carbocycles. The smallest absolute Gasteiger partial charge is 0.325 e. The molecule has 0 atom stereocenters. The summed E-state index contributed by atoms with van der Waals surface area (Å²) in [5.41, 5.74) is 5.06. The van der Waals surface area contributed by atoms with Gasteiger partial charge in [0.15, 0.2) is 5.82 Å². The van der Waals surface area contributed by atoms with E-state index in [9.17, 15) is 9.59 Å². The molecule has 1 saturated heterocycles. The zero-order valence-electron chi connectivity index (χ0n) is 15.3. The van der Waals surface area contributed by atoms with E-state index in [1.807, 2.05) is 0 Å². The lowest BCUT2D eigenvalue weighted by atomic mass is 9.75. The molecule has 142 valence electrons. The Morgan fingerprint density at radius 1 is 1.23 bits per heavy atom. The molecule has 1 aromatic heterocycles. The Kier molecular flexibility index (Phi) is 4.25. The third kappa shape index (κ3) is 2.80. The fourth-order valence-corrected chi connectivity index (χ4v) is 4.62. The Hall–Kier alpha value is -1.96. The lowest BCUT2D eigenvalue weighted by Gasteiger charge is -2.34. The second kappa shape index (κ2) is 6.33.